The van der Waals surface area contributed by atoms with Gasteiger partial charge in [0.2, 0.25) is 5.91 Å². The van der Waals surface area contributed by atoms with Crippen molar-refractivity contribution >= 4 is 29.0 Å². The first kappa shape index (κ1) is 24.0. The number of rotatable bonds is 11. The van der Waals surface area contributed by atoms with Gasteiger partial charge in [0.15, 0.2) is 0 Å². The quantitative estimate of drug-likeness (QED) is 0.340. The van der Waals surface area contributed by atoms with Crippen LogP contribution in [0.15, 0.2) is 0 Å². The maximum absolute atomic E-state index is 13.1. The van der Waals surface area contributed by atoms with Crippen LogP contribution in [-0.2, 0) is 11.2 Å². The zero-order chi connectivity index (χ0) is 22.3. The van der Waals surface area contributed by atoms with Crippen LogP contribution in [0.4, 0.5) is 21.9 Å². The van der Waals surface area contributed by atoms with Crippen molar-refractivity contribution in [1.82, 2.24) is 0 Å². The van der Waals surface area contributed by atoms with Crippen molar-refractivity contribution in [3.8, 4) is 0 Å². The van der Waals surface area contributed by atoms with Crippen LogP contribution in [0.25, 0.3) is 0 Å². The molecule has 1 heterocycles. The van der Waals surface area contributed by atoms with Crippen LogP contribution in [0.1, 0.15) is 88.8 Å². The number of nitrogens with two attached hydrogens (primary N) is 1. The van der Waals surface area contributed by atoms with E-state index in [0.29, 0.717) is 5.69 Å². The smallest absolute Gasteiger partial charge is 0.316 e. The van der Waals surface area contributed by atoms with E-state index in [2.05, 4.69) is 22.9 Å². The molecule has 0 atom stereocenters. The molecule has 0 fully saturated rings. The molecule has 5 N–H and O–H groups in total. The van der Waals surface area contributed by atoms with Crippen molar-refractivity contribution in [1.29, 1.82) is 0 Å². The van der Waals surface area contributed by atoms with Gasteiger partial charge in [-0.1, -0.05) is 65.7 Å². The molecule has 1 aromatic rings. The van der Waals surface area contributed by atoms with Crippen LogP contribution < -0.4 is 21.7 Å². The van der Waals surface area contributed by atoms with E-state index in [-0.39, 0.29) is 5.91 Å². The second-order valence-corrected chi connectivity index (χ2v) is 9.23. The predicted octanol–water partition coefficient (Wildman–Crippen LogP) is 5.87. The molecule has 6 heteroatoms. The summed E-state index contributed by atoms with van der Waals surface area (Å²) < 4.78 is 0. The zero-order valence-corrected chi connectivity index (χ0v) is 19.5. The van der Waals surface area contributed by atoms with Gasteiger partial charge in [-0.25, -0.2) is 4.79 Å². The summed E-state index contributed by atoms with van der Waals surface area (Å²) in [5.41, 5.74) is 10.3. The van der Waals surface area contributed by atoms with Crippen molar-refractivity contribution in [3.63, 3.8) is 0 Å². The van der Waals surface area contributed by atoms with Crippen LogP contribution in [0, 0.1) is 19.3 Å². The Kier molecular flexibility index (Phi) is 8.56. The lowest BCUT2D eigenvalue weighted by Gasteiger charge is -2.26. The average molecular weight is 417 g/mol. The van der Waals surface area contributed by atoms with Gasteiger partial charge < -0.3 is 21.7 Å². The van der Waals surface area contributed by atoms with Crippen LogP contribution in [-0.4, -0.2) is 18.5 Å². The Morgan fingerprint density at radius 3 is 2.23 bits per heavy atom. The van der Waals surface area contributed by atoms with Gasteiger partial charge in [-0.2, -0.15) is 0 Å². The van der Waals surface area contributed by atoms with E-state index in [1.807, 2.05) is 27.7 Å². The lowest BCUT2D eigenvalue weighted by Crippen LogP contribution is -2.31. The summed E-state index contributed by atoms with van der Waals surface area (Å²) in [5, 5.41) is 9.25. The van der Waals surface area contributed by atoms with Crippen molar-refractivity contribution < 1.29 is 9.59 Å². The highest BCUT2D eigenvalue weighted by Crippen LogP contribution is 2.42. The van der Waals surface area contributed by atoms with Gasteiger partial charge in [0.1, 0.15) is 0 Å². The minimum atomic E-state index is -0.602. The van der Waals surface area contributed by atoms with Crippen LogP contribution in [0.3, 0.4) is 0 Å². The highest BCUT2D eigenvalue weighted by atomic mass is 16.2. The van der Waals surface area contributed by atoms with Crippen LogP contribution in [0.5, 0.6) is 0 Å². The number of benzene rings is 1. The number of carbonyl (C=O) groups is 2. The third kappa shape index (κ3) is 5.89. The summed E-state index contributed by atoms with van der Waals surface area (Å²) in [4.78, 5) is 24.7. The molecule has 0 aromatic heterocycles. The Labute approximate surface area is 181 Å². The third-order valence-corrected chi connectivity index (χ3v) is 6.31. The summed E-state index contributed by atoms with van der Waals surface area (Å²) in [6.45, 7) is 11.0. The zero-order valence-electron chi connectivity index (χ0n) is 19.5. The second kappa shape index (κ2) is 10.7. The number of hydrogen-bond acceptors (Lipinski definition) is 3. The fourth-order valence-corrected chi connectivity index (χ4v) is 4.29. The Morgan fingerprint density at radius 2 is 1.60 bits per heavy atom. The third-order valence-electron chi connectivity index (χ3n) is 6.31. The molecule has 3 amide bonds. The largest absolute Gasteiger partial charge is 0.383 e. The number of urea groups is 1. The van der Waals surface area contributed by atoms with E-state index >= 15 is 0 Å². The van der Waals surface area contributed by atoms with E-state index < -0.39 is 11.4 Å². The van der Waals surface area contributed by atoms with Crippen LogP contribution in [0.2, 0.25) is 0 Å². The van der Waals surface area contributed by atoms with E-state index in [0.717, 1.165) is 53.9 Å². The van der Waals surface area contributed by atoms with Gasteiger partial charge in [0.05, 0.1) is 11.4 Å². The molecule has 1 aliphatic rings. The van der Waals surface area contributed by atoms with Gasteiger partial charge in [-0.05, 0) is 43.4 Å². The van der Waals surface area contributed by atoms with Gasteiger partial charge in [0.25, 0.3) is 0 Å². The van der Waals surface area contributed by atoms with Crippen molar-refractivity contribution in [2.45, 2.75) is 92.4 Å². The van der Waals surface area contributed by atoms with Gasteiger partial charge in [0, 0.05) is 17.6 Å². The highest BCUT2D eigenvalue weighted by Gasteiger charge is 2.30. The summed E-state index contributed by atoms with van der Waals surface area (Å²) in [7, 11) is 0. The normalized spacial score (nSPS) is 13.0. The van der Waals surface area contributed by atoms with Gasteiger partial charge in [-0.3, -0.25) is 4.79 Å². The molecule has 0 saturated carbocycles. The number of nitrogens with one attached hydrogen (secondary N) is 3. The van der Waals surface area contributed by atoms with E-state index in [1.54, 1.807) is 0 Å². The molecule has 0 saturated heterocycles. The number of fused-ring (bicyclic) bond motifs is 1. The SMILES string of the molecule is CCCCCCCCCC(C)(C)C(=O)Nc1c(C)c2c(c(NC(N)=O)c1C)NCC2. The Balaban J connectivity index is 2.07. The van der Waals surface area contributed by atoms with Gasteiger partial charge in [-0.15, -0.1) is 0 Å². The first-order valence-corrected chi connectivity index (χ1v) is 11.5. The lowest BCUT2D eigenvalue weighted by molar-refractivity contribution is -0.124. The molecule has 6 nitrogen and oxygen atoms in total. The molecule has 1 aromatic carbocycles. The standard InChI is InChI=1S/C24H40N4O2/c1-6-7-8-9-10-11-12-14-24(4,5)22(29)27-19-16(2)18-13-15-26-21(18)20(17(19)3)28-23(25)30/h26H,6-15H2,1-5H3,(H,27,29)(H3,25,28,30). The monoisotopic (exact) mass is 416 g/mol. The maximum Gasteiger partial charge on any atom is 0.316 e. The minimum absolute atomic E-state index is 0.0237. The Morgan fingerprint density at radius 1 is 0.967 bits per heavy atom. The molecular weight excluding hydrogens is 376 g/mol. The van der Waals surface area contributed by atoms with E-state index in [4.69, 9.17) is 5.73 Å². The molecule has 0 unspecified atom stereocenters. The molecular formula is C24H40N4O2. The fraction of sp³-hybridized carbons (Fsp3) is 0.667. The summed E-state index contributed by atoms with van der Waals surface area (Å²) in [6.07, 6.45) is 10.4. The number of unbranched alkanes of at least 4 members (excludes halogenated alkanes) is 6. The average Bonchev–Trinajstić information content (AvgIpc) is 3.17. The highest BCUT2D eigenvalue weighted by molar-refractivity contribution is 6.02. The minimum Gasteiger partial charge on any atom is -0.383 e. The number of anilines is 3. The number of hydrogen-bond donors (Lipinski definition) is 4. The summed E-state index contributed by atoms with van der Waals surface area (Å²) >= 11 is 0. The van der Waals surface area contributed by atoms with E-state index in [9.17, 15) is 9.59 Å². The van der Waals surface area contributed by atoms with Gasteiger partial charge >= 0.3 is 6.03 Å². The first-order valence-electron chi connectivity index (χ1n) is 11.5. The van der Waals surface area contributed by atoms with Crippen molar-refractivity contribution in [2.24, 2.45) is 11.1 Å². The fourth-order valence-electron chi connectivity index (χ4n) is 4.29. The number of carbonyl (C=O) groups excluding carboxylic acids is 2. The molecule has 2 rings (SSSR count). The predicted molar refractivity (Wildman–Crippen MR) is 126 cm³/mol. The second-order valence-electron chi connectivity index (χ2n) is 9.23. The van der Waals surface area contributed by atoms with Crippen LogP contribution >= 0.6 is 0 Å². The molecule has 30 heavy (non-hydrogen) atoms. The molecule has 0 bridgehead atoms. The summed E-state index contributed by atoms with van der Waals surface area (Å²) in [5.74, 6) is 0.0237. The Hall–Kier alpha value is -2.24. The lowest BCUT2D eigenvalue weighted by atomic mass is 9.85. The molecule has 0 aliphatic carbocycles. The topological polar surface area (TPSA) is 96.2 Å². The molecule has 168 valence electrons. The van der Waals surface area contributed by atoms with E-state index in [1.165, 1.54) is 38.5 Å². The molecule has 1 aliphatic heterocycles. The van der Waals surface area contributed by atoms with Crippen molar-refractivity contribution in [2.75, 3.05) is 22.5 Å². The first-order chi connectivity index (χ1) is 14.2. The number of primary amides is 1. The Bertz CT molecular complexity index is 771. The van der Waals surface area contributed by atoms with Crippen molar-refractivity contribution in [3.05, 3.63) is 16.7 Å². The molecule has 0 spiro atoms. The maximum atomic E-state index is 13.1. The number of amides is 3. The summed E-state index contributed by atoms with van der Waals surface area (Å²) in [6, 6.07) is -0.602. The molecule has 0 radical (unpaired) electrons.